The number of benzene rings is 1. The summed E-state index contributed by atoms with van der Waals surface area (Å²) in [7, 11) is 0. The van der Waals surface area contributed by atoms with Crippen LogP contribution in [0.5, 0.6) is 0 Å². The fourth-order valence-electron chi connectivity index (χ4n) is 3.76. The summed E-state index contributed by atoms with van der Waals surface area (Å²) in [6.45, 7) is 4.48. The minimum Gasteiger partial charge on any atom is -0.298 e. The maximum atomic E-state index is 13.2. The summed E-state index contributed by atoms with van der Waals surface area (Å²) in [5.74, 6) is 0.0801. The van der Waals surface area contributed by atoms with Gasteiger partial charge in [0.05, 0.1) is 16.8 Å². The van der Waals surface area contributed by atoms with Gasteiger partial charge in [0, 0.05) is 30.1 Å². The Balaban J connectivity index is 1.47. The highest BCUT2D eigenvalue weighted by atomic mass is 32.1. The van der Waals surface area contributed by atoms with Crippen LogP contribution in [0.25, 0.3) is 11.3 Å². The van der Waals surface area contributed by atoms with Crippen LogP contribution < -0.4 is 0 Å². The molecule has 0 aliphatic carbocycles. The molecule has 6 heteroatoms. The lowest BCUT2D eigenvalue weighted by molar-refractivity contribution is 0.0815. The number of aromatic nitrogens is 2. The van der Waals surface area contributed by atoms with Crippen LogP contribution in [0.2, 0.25) is 0 Å². The first-order chi connectivity index (χ1) is 13.1. The van der Waals surface area contributed by atoms with Crippen molar-refractivity contribution < 1.29 is 9.18 Å². The molecule has 0 spiro atoms. The van der Waals surface area contributed by atoms with E-state index in [1.54, 1.807) is 23.5 Å². The van der Waals surface area contributed by atoms with Gasteiger partial charge in [-0.05, 0) is 67.6 Å². The normalized spacial score (nSPS) is 17.9. The highest BCUT2D eigenvalue weighted by Gasteiger charge is 2.28. The average Bonchev–Trinajstić information content (AvgIpc) is 3.31. The quantitative estimate of drug-likeness (QED) is 0.651. The first-order valence-electron chi connectivity index (χ1n) is 9.20. The fourth-order valence-corrected chi connectivity index (χ4v) is 4.71. The van der Waals surface area contributed by atoms with Crippen molar-refractivity contribution in [3.8, 4) is 11.3 Å². The number of aromatic amines is 1. The molecule has 27 heavy (non-hydrogen) atoms. The van der Waals surface area contributed by atoms with Crippen LogP contribution in [0, 0.1) is 18.7 Å². The Hall–Kier alpha value is -2.31. The number of hydrogen-bond donors (Lipinski definition) is 1. The van der Waals surface area contributed by atoms with Gasteiger partial charge < -0.3 is 0 Å². The van der Waals surface area contributed by atoms with Gasteiger partial charge in [0.25, 0.3) is 0 Å². The molecule has 1 atom stereocenters. The van der Waals surface area contributed by atoms with Gasteiger partial charge in [-0.25, -0.2) is 4.39 Å². The second-order valence-corrected chi connectivity index (χ2v) is 8.06. The van der Waals surface area contributed by atoms with Crippen LogP contribution in [-0.4, -0.2) is 34.0 Å². The van der Waals surface area contributed by atoms with Crippen LogP contribution in [-0.2, 0) is 6.54 Å². The molecule has 0 saturated carbocycles. The highest BCUT2D eigenvalue weighted by Crippen LogP contribution is 2.28. The van der Waals surface area contributed by atoms with Gasteiger partial charge in [-0.15, -0.1) is 11.3 Å². The van der Waals surface area contributed by atoms with E-state index < -0.39 is 0 Å². The molecule has 3 heterocycles. The molecule has 140 valence electrons. The van der Waals surface area contributed by atoms with Crippen molar-refractivity contribution >= 4 is 17.1 Å². The molecular weight excluding hydrogens is 361 g/mol. The van der Waals surface area contributed by atoms with E-state index in [0.29, 0.717) is 0 Å². The van der Waals surface area contributed by atoms with E-state index in [9.17, 15) is 9.18 Å². The Labute approximate surface area is 162 Å². The van der Waals surface area contributed by atoms with E-state index in [0.717, 1.165) is 59.7 Å². The Bertz CT molecular complexity index is 931. The molecule has 4 rings (SSSR count). The van der Waals surface area contributed by atoms with E-state index in [4.69, 9.17) is 0 Å². The van der Waals surface area contributed by atoms with Crippen molar-refractivity contribution in [3.63, 3.8) is 0 Å². The number of carbonyl (C=O) groups excluding carboxylic acids is 1. The molecule has 2 aromatic heterocycles. The Morgan fingerprint density at radius 3 is 2.89 bits per heavy atom. The van der Waals surface area contributed by atoms with E-state index >= 15 is 0 Å². The number of halogens is 1. The minimum absolute atomic E-state index is 0.0530. The number of piperidine rings is 1. The number of hydrogen-bond acceptors (Lipinski definition) is 4. The molecule has 1 N–H and O–H groups in total. The zero-order valence-corrected chi connectivity index (χ0v) is 16.1. The molecule has 1 saturated heterocycles. The van der Waals surface area contributed by atoms with Gasteiger partial charge >= 0.3 is 0 Å². The first-order valence-corrected chi connectivity index (χ1v) is 10.1. The van der Waals surface area contributed by atoms with Gasteiger partial charge in [0.1, 0.15) is 5.82 Å². The predicted octanol–water partition coefficient (Wildman–Crippen LogP) is 4.68. The molecule has 0 unspecified atom stereocenters. The maximum absolute atomic E-state index is 13.2. The number of Topliss-reactive ketones (excluding diaryl/α,β-unsaturated/α-hetero) is 1. The number of aryl methyl sites for hydroxylation is 1. The van der Waals surface area contributed by atoms with Crippen molar-refractivity contribution in [2.24, 2.45) is 5.92 Å². The fraction of sp³-hybridized carbons (Fsp3) is 0.333. The summed E-state index contributed by atoms with van der Waals surface area (Å²) < 4.78 is 13.2. The van der Waals surface area contributed by atoms with Crippen LogP contribution in [0.1, 0.15) is 33.6 Å². The lowest BCUT2D eigenvalue weighted by Gasteiger charge is -2.31. The number of rotatable bonds is 5. The average molecular weight is 383 g/mol. The molecular formula is C21H22FN3OS. The maximum Gasteiger partial charge on any atom is 0.177 e. The van der Waals surface area contributed by atoms with Gasteiger partial charge in [0.2, 0.25) is 0 Å². The second-order valence-electron chi connectivity index (χ2n) is 7.15. The third-order valence-electron chi connectivity index (χ3n) is 5.21. The van der Waals surface area contributed by atoms with Gasteiger partial charge in [0.15, 0.2) is 5.78 Å². The molecule has 1 aliphatic rings. The van der Waals surface area contributed by atoms with Crippen molar-refractivity contribution in [1.29, 1.82) is 0 Å². The van der Waals surface area contributed by atoms with E-state index in [1.807, 2.05) is 24.6 Å². The summed E-state index contributed by atoms with van der Waals surface area (Å²) in [5, 5.41) is 9.20. The minimum atomic E-state index is -0.249. The number of likely N-dealkylation sites (tertiary alicyclic amines) is 1. The highest BCUT2D eigenvalue weighted by molar-refractivity contribution is 7.12. The SMILES string of the molecule is Cc1ccsc1C(=O)[C@H]1CCCN(Cc2cn[nH]c2-c2ccc(F)cc2)C1. The second kappa shape index (κ2) is 7.74. The first kappa shape index (κ1) is 18.1. The smallest absolute Gasteiger partial charge is 0.177 e. The molecule has 0 bridgehead atoms. The van der Waals surface area contributed by atoms with E-state index in [2.05, 4.69) is 15.1 Å². The molecule has 1 aliphatic heterocycles. The lowest BCUT2D eigenvalue weighted by Crippen LogP contribution is -2.38. The van der Waals surface area contributed by atoms with Crippen LogP contribution in [0.3, 0.4) is 0 Å². The molecule has 4 nitrogen and oxygen atoms in total. The standard InChI is InChI=1S/C21H22FN3OS/c1-14-8-10-27-21(14)20(26)16-3-2-9-25(12-16)13-17-11-23-24-19(17)15-4-6-18(22)7-5-15/h4-8,10-11,16H,2-3,9,12-13H2,1H3,(H,23,24)/t16-/m0/s1. The number of carbonyl (C=O) groups is 1. The van der Waals surface area contributed by atoms with Crippen LogP contribution in [0.15, 0.2) is 41.9 Å². The van der Waals surface area contributed by atoms with Gasteiger partial charge in [-0.2, -0.15) is 5.10 Å². The van der Waals surface area contributed by atoms with Gasteiger partial charge in [-0.1, -0.05) is 0 Å². The molecule has 1 aromatic carbocycles. The predicted molar refractivity (Wildman–Crippen MR) is 105 cm³/mol. The summed E-state index contributed by atoms with van der Waals surface area (Å²) in [6, 6.07) is 8.44. The third-order valence-corrected chi connectivity index (χ3v) is 6.24. The number of nitrogens with zero attached hydrogens (tertiary/aromatic N) is 2. The third kappa shape index (κ3) is 3.87. The molecule has 0 amide bonds. The monoisotopic (exact) mass is 383 g/mol. The summed E-state index contributed by atoms with van der Waals surface area (Å²) >= 11 is 1.55. The van der Waals surface area contributed by atoms with Crippen molar-refractivity contribution in [2.75, 3.05) is 13.1 Å². The zero-order valence-electron chi connectivity index (χ0n) is 15.2. The molecule has 3 aromatic rings. The summed E-state index contributed by atoms with van der Waals surface area (Å²) in [5.41, 5.74) is 3.98. The zero-order chi connectivity index (χ0) is 18.8. The number of ketones is 1. The number of thiophene rings is 1. The Morgan fingerprint density at radius 1 is 1.33 bits per heavy atom. The van der Waals surface area contributed by atoms with Crippen LogP contribution >= 0.6 is 11.3 Å². The Kier molecular flexibility index (Phi) is 5.18. The van der Waals surface area contributed by atoms with Crippen LogP contribution in [0.4, 0.5) is 4.39 Å². The summed E-state index contributed by atoms with van der Waals surface area (Å²) in [6.07, 6.45) is 3.79. The molecule has 0 radical (unpaired) electrons. The van der Waals surface area contributed by atoms with Gasteiger partial charge in [-0.3, -0.25) is 14.8 Å². The number of nitrogens with one attached hydrogen (secondary N) is 1. The molecule has 1 fully saturated rings. The Morgan fingerprint density at radius 2 is 2.15 bits per heavy atom. The van der Waals surface area contributed by atoms with Crippen molar-refractivity contribution in [1.82, 2.24) is 15.1 Å². The van der Waals surface area contributed by atoms with E-state index in [1.165, 1.54) is 12.1 Å². The van der Waals surface area contributed by atoms with Crippen molar-refractivity contribution in [2.45, 2.75) is 26.3 Å². The topological polar surface area (TPSA) is 49.0 Å². The van der Waals surface area contributed by atoms with Crippen molar-refractivity contribution in [3.05, 3.63) is 63.7 Å². The summed E-state index contributed by atoms with van der Waals surface area (Å²) in [4.78, 5) is 16.1. The van der Waals surface area contributed by atoms with E-state index in [-0.39, 0.29) is 17.5 Å². The largest absolute Gasteiger partial charge is 0.298 e. The number of H-pyrrole nitrogens is 1. The lowest BCUT2D eigenvalue weighted by atomic mass is 9.91.